The van der Waals surface area contributed by atoms with Crippen LogP contribution < -0.4 is 5.73 Å². The minimum Gasteiger partial charge on any atom is -0.369 e. The second-order valence-corrected chi connectivity index (χ2v) is 4.97. The van der Waals surface area contributed by atoms with Crippen LogP contribution in [-0.4, -0.2) is 30.4 Å². The Morgan fingerprint density at radius 1 is 1.36 bits per heavy atom. The molecule has 3 saturated carbocycles. The third kappa shape index (κ3) is 1.92. The normalized spacial score (nSPS) is 36.3. The van der Waals surface area contributed by atoms with E-state index < -0.39 is 0 Å². The lowest BCUT2D eigenvalue weighted by Gasteiger charge is -2.46. The number of fused-ring (bicyclic) bond motifs is 3. The molecule has 3 rings (SSSR count). The van der Waals surface area contributed by atoms with E-state index in [9.17, 15) is 4.79 Å². The first kappa shape index (κ1) is 9.97. The SMILES string of the molecule is CN(CC(N)=O)C1CC2CCC1CC2. The third-order valence-electron chi connectivity index (χ3n) is 3.98. The maximum Gasteiger partial charge on any atom is 0.231 e. The minimum absolute atomic E-state index is 0.200. The molecule has 1 unspecified atom stereocenters. The van der Waals surface area contributed by atoms with E-state index in [-0.39, 0.29) is 5.91 Å². The van der Waals surface area contributed by atoms with Crippen molar-refractivity contribution in [2.24, 2.45) is 17.6 Å². The Labute approximate surface area is 85.6 Å². The molecule has 0 spiro atoms. The Kier molecular flexibility index (Phi) is 2.77. The number of carbonyl (C=O) groups is 1. The Hall–Kier alpha value is -0.570. The number of rotatable bonds is 3. The first-order valence-corrected chi connectivity index (χ1v) is 5.65. The number of likely N-dealkylation sites (N-methyl/N-ethyl adjacent to an activating group) is 1. The average Bonchev–Trinajstić information content (AvgIpc) is 2.18. The minimum atomic E-state index is -0.200. The van der Waals surface area contributed by atoms with Crippen molar-refractivity contribution in [3.8, 4) is 0 Å². The van der Waals surface area contributed by atoms with Gasteiger partial charge in [0.2, 0.25) is 5.91 Å². The zero-order valence-electron chi connectivity index (χ0n) is 8.91. The first-order valence-electron chi connectivity index (χ1n) is 5.65. The molecule has 3 fully saturated rings. The summed E-state index contributed by atoms with van der Waals surface area (Å²) in [6, 6.07) is 0.620. The van der Waals surface area contributed by atoms with Crippen LogP contribution in [0.15, 0.2) is 0 Å². The van der Waals surface area contributed by atoms with Crippen molar-refractivity contribution < 1.29 is 4.79 Å². The van der Waals surface area contributed by atoms with E-state index in [2.05, 4.69) is 4.90 Å². The summed E-state index contributed by atoms with van der Waals surface area (Å²) in [4.78, 5) is 13.0. The third-order valence-corrected chi connectivity index (χ3v) is 3.98. The van der Waals surface area contributed by atoms with Gasteiger partial charge in [-0.25, -0.2) is 0 Å². The molecule has 0 aliphatic heterocycles. The van der Waals surface area contributed by atoms with Gasteiger partial charge < -0.3 is 5.73 Å². The van der Waals surface area contributed by atoms with Crippen molar-refractivity contribution in [1.29, 1.82) is 0 Å². The highest BCUT2D eigenvalue weighted by molar-refractivity contribution is 5.75. The number of primary amides is 1. The van der Waals surface area contributed by atoms with Crippen LogP contribution >= 0.6 is 0 Å². The zero-order valence-corrected chi connectivity index (χ0v) is 8.91. The standard InChI is InChI=1S/C11H20N2O/c1-13(7-11(12)14)10-6-8-2-4-9(10)5-3-8/h8-10H,2-7H2,1H3,(H2,12,14). The number of hydrogen-bond donors (Lipinski definition) is 1. The highest BCUT2D eigenvalue weighted by Crippen LogP contribution is 2.42. The molecule has 2 N–H and O–H groups in total. The van der Waals surface area contributed by atoms with E-state index in [4.69, 9.17) is 5.73 Å². The van der Waals surface area contributed by atoms with Gasteiger partial charge in [-0.2, -0.15) is 0 Å². The lowest BCUT2D eigenvalue weighted by atomic mass is 9.67. The van der Waals surface area contributed by atoms with Crippen molar-refractivity contribution >= 4 is 5.91 Å². The summed E-state index contributed by atoms with van der Waals surface area (Å²) in [6.45, 7) is 0.424. The fraction of sp³-hybridized carbons (Fsp3) is 0.909. The fourth-order valence-electron chi connectivity index (χ4n) is 3.25. The molecule has 2 bridgehead atoms. The molecule has 3 aliphatic carbocycles. The number of amides is 1. The van der Waals surface area contributed by atoms with Gasteiger partial charge in [0.1, 0.15) is 0 Å². The highest BCUT2D eigenvalue weighted by Gasteiger charge is 2.37. The molecule has 3 nitrogen and oxygen atoms in total. The molecule has 0 heterocycles. The number of hydrogen-bond acceptors (Lipinski definition) is 2. The summed E-state index contributed by atoms with van der Waals surface area (Å²) < 4.78 is 0. The van der Waals surface area contributed by atoms with Gasteiger partial charge in [-0.1, -0.05) is 12.8 Å². The Balaban J connectivity index is 1.94. The summed E-state index contributed by atoms with van der Waals surface area (Å²) in [5, 5.41) is 0. The van der Waals surface area contributed by atoms with Crippen LogP contribution in [0, 0.1) is 11.8 Å². The lowest BCUT2D eigenvalue weighted by Crippen LogP contribution is -2.48. The smallest absolute Gasteiger partial charge is 0.231 e. The summed E-state index contributed by atoms with van der Waals surface area (Å²) in [6.07, 6.45) is 6.82. The van der Waals surface area contributed by atoms with Crippen LogP contribution in [-0.2, 0) is 4.79 Å². The van der Waals surface area contributed by atoms with Crippen LogP contribution in [0.25, 0.3) is 0 Å². The van der Waals surface area contributed by atoms with Crippen LogP contribution in [0.3, 0.4) is 0 Å². The molecule has 0 radical (unpaired) electrons. The van der Waals surface area contributed by atoms with E-state index in [0.717, 1.165) is 11.8 Å². The molecule has 1 atom stereocenters. The number of nitrogens with zero attached hydrogens (tertiary/aromatic N) is 1. The second kappa shape index (κ2) is 3.89. The van der Waals surface area contributed by atoms with Gasteiger partial charge in [0.15, 0.2) is 0 Å². The highest BCUT2D eigenvalue weighted by atomic mass is 16.1. The lowest BCUT2D eigenvalue weighted by molar-refractivity contribution is -0.120. The van der Waals surface area contributed by atoms with Gasteiger partial charge in [-0.3, -0.25) is 9.69 Å². The molecule has 1 amide bonds. The summed E-state index contributed by atoms with van der Waals surface area (Å²) in [5.74, 6) is 1.54. The van der Waals surface area contributed by atoms with Gasteiger partial charge in [-0.15, -0.1) is 0 Å². The predicted molar refractivity (Wildman–Crippen MR) is 55.7 cm³/mol. The molecule has 0 aromatic rings. The maximum absolute atomic E-state index is 10.8. The van der Waals surface area contributed by atoms with Gasteiger partial charge >= 0.3 is 0 Å². The molecule has 0 aromatic carbocycles. The summed E-state index contributed by atoms with van der Waals surface area (Å²) in [5.41, 5.74) is 5.22. The predicted octanol–water partition coefficient (Wildman–Crippen LogP) is 0.982. The Morgan fingerprint density at radius 2 is 2.00 bits per heavy atom. The van der Waals surface area contributed by atoms with Crippen LogP contribution in [0.4, 0.5) is 0 Å². The summed E-state index contributed by atoms with van der Waals surface area (Å²) in [7, 11) is 2.04. The van der Waals surface area contributed by atoms with Crippen molar-refractivity contribution in [1.82, 2.24) is 4.90 Å². The monoisotopic (exact) mass is 196 g/mol. The molecule has 3 heteroatoms. The van der Waals surface area contributed by atoms with Crippen LogP contribution in [0.2, 0.25) is 0 Å². The van der Waals surface area contributed by atoms with Crippen molar-refractivity contribution in [3.05, 3.63) is 0 Å². The van der Waals surface area contributed by atoms with Crippen molar-refractivity contribution in [3.63, 3.8) is 0 Å². The quantitative estimate of drug-likeness (QED) is 0.731. The zero-order chi connectivity index (χ0) is 10.1. The molecule has 80 valence electrons. The molecule has 0 aromatic heterocycles. The Morgan fingerprint density at radius 3 is 2.43 bits per heavy atom. The number of carbonyl (C=O) groups excluding carboxylic acids is 1. The molecule has 3 aliphatic rings. The van der Waals surface area contributed by atoms with Crippen LogP contribution in [0.5, 0.6) is 0 Å². The van der Waals surface area contributed by atoms with E-state index in [0.29, 0.717) is 12.6 Å². The van der Waals surface area contributed by atoms with Crippen LogP contribution in [0.1, 0.15) is 32.1 Å². The fourth-order valence-corrected chi connectivity index (χ4v) is 3.25. The topological polar surface area (TPSA) is 46.3 Å². The molecule has 14 heavy (non-hydrogen) atoms. The number of nitrogens with two attached hydrogens (primary N) is 1. The van der Waals surface area contributed by atoms with E-state index in [1.165, 1.54) is 32.1 Å². The molecular weight excluding hydrogens is 176 g/mol. The summed E-state index contributed by atoms with van der Waals surface area (Å²) >= 11 is 0. The van der Waals surface area contributed by atoms with Crippen molar-refractivity contribution in [2.75, 3.05) is 13.6 Å². The van der Waals surface area contributed by atoms with E-state index >= 15 is 0 Å². The largest absolute Gasteiger partial charge is 0.369 e. The maximum atomic E-state index is 10.8. The van der Waals surface area contributed by atoms with Gasteiger partial charge in [0.05, 0.1) is 6.54 Å². The van der Waals surface area contributed by atoms with Gasteiger partial charge in [0.25, 0.3) is 0 Å². The van der Waals surface area contributed by atoms with Gasteiger partial charge in [-0.05, 0) is 38.1 Å². The molecule has 0 saturated heterocycles. The second-order valence-electron chi connectivity index (χ2n) is 4.97. The average molecular weight is 196 g/mol. The van der Waals surface area contributed by atoms with Gasteiger partial charge in [0, 0.05) is 6.04 Å². The first-order chi connectivity index (χ1) is 6.66. The molecular formula is C11H20N2O. The Bertz CT molecular complexity index is 221. The van der Waals surface area contributed by atoms with Crippen molar-refractivity contribution in [2.45, 2.75) is 38.1 Å². The van der Waals surface area contributed by atoms with E-state index in [1.807, 2.05) is 7.05 Å². The van der Waals surface area contributed by atoms with E-state index in [1.54, 1.807) is 0 Å².